The average molecular weight is 268 g/mol. The first kappa shape index (κ1) is 17.0. The van der Waals surface area contributed by atoms with E-state index in [0.29, 0.717) is 5.41 Å². The van der Waals surface area contributed by atoms with Gasteiger partial charge in [0.05, 0.1) is 0 Å². The van der Waals surface area contributed by atoms with Crippen molar-refractivity contribution in [3.63, 3.8) is 0 Å². The summed E-state index contributed by atoms with van der Waals surface area (Å²) in [6.07, 6.45) is 18.4. The summed E-state index contributed by atoms with van der Waals surface area (Å²) in [6.45, 7) is 5.56. The van der Waals surface area contributed by atoms with Crippen LogP contribution in [0.4, 0.5) is 0 Å². The molecule has 0 heterocycles. The fraction of sp³-hybridized carbons (Fsp3) is 1.00. The summed E-state index contributed by atoms with van der Waals surface area (Å²) < 4.78 is 0. The van der Waals surface area contributed by atoms with Crippen LogP contribution in [0, 0.1) is 11.3 Å². The maximum atomic E-state index is 6.08. The van der Waals surface area contributed by atoms with Crippen LogP contribution in [0.3, 0.4) is 0 Å². The van der Waals surface area contributed by atoms with Crippen LogP contribution in [0.5, 0.6) is 0 Å². The molecular weight excluding hydrogens is 230 g/mol. The molecule has 1 rings (SSSR count). The van der Waals surface area contributed by atoms with Crippen LogP contribution in [0.25, 0.3) is 0 Å². The zero-order chi connectivity index (χ0) is 14.0. The number of rotatable bonds is 11. The SMILES string of the molecule is CCCCCCCCCCC1(CN)CCC(CC)C1. The normalized spacial score (nSPS) is 27.0. The lowest BCUT2D eigenvalue weighted by Gasteiger charge is -2.27. The molecule has 0 aromatic rings. The minimum Gasteiger partial charge on any atom is -0.330 e. The van der Waals surface area contributed by atoms with Gasteiger partial charge in [0.1, 0.15) is 0 Å². The summed E-state index contributed by atoms with van der Waals surface area (Å²) in [4.78, 5) is 0. The van der Waals surface area contributed by atoms with Crippen molar-refractivity contribution in [3.8, 4) is 0 Å². The second-order valence-electron chi connectivity index (χ2n) is 6.95. The van der Waals surface area contributed by atoms with Gasteiger partial charge in [0.25, 0.3) is 0 Å². The van der Waals surface area contributed by atoms with Crippen molar-refractivity contribution in [1.82, 2.24) is 0 Å². The summed E-state index contributed by atoms with van der Waals surface area (Å²) >= 11 is 0. The number of hydrogen-bond donors (Lipinski definition) is 1. The standard InChI is InChI=1S/C18H37N/c1-3-5-6-7-8-9-10-11-13-18(16-19)14-12-17(4-2)15-18/h17H,3-16,19H2,1-2H3. The zero-order valence-electron chi connectivity index (χ0n) is 13.6. The number of unbranched alkanes of at least 4 members (excludes halogenated alkanes) is 7. The van der Waals surface area contributed by atoms with Crippen molar-refractivity contribution < 1.29 is 0 Å². The van der Waals surface area contributed by atoms with E-state index in [-0.39, 0.29) is 0 Å². The van der Waals surface area contributed by atoms with E-state index in [9.17, 15) is 0 Å². The van der Waals surface area contributed by atoms with Crippen LogP contribution in [-0.2, 0) is 0 Å². The van der Waals surface area contributed by atoms with Crippen LogP contribution in [-0.4, -0.2) is 6.54 Å². The fourth-order valence-corrected chi connectivity index (χ4v) is 3.82. The third kappa shape index (κ3) is 6.29. The molecule has 0 aliphatic heterocycles. The molecular formula is C18H37N. The first-order valence-corrected chi connectivity index (χ1v) is 8.96. The predicted molar refractivity (Wildman–Crippen MR) is 86.3 cm³/mol. The van der Waals surface area contributed by atoms with Crippen molar-refractivity contribution in [3.05, 3.63) is 0 Å². The summed E-state index contributed by atoms with van der Waals surface area (Å²) in [6, 6.07) is 0. The minimum atomic E-state index is 0.531. The second kappa shape index (κ2) is 9.80. The van der Waals surface area contributed by atoms with Crippen molar-refractivity contribution in [2.24, 2.45) is 17.1 Å². The minimum absolute atomic E-state index is 0.531. The second-order valence-corrected chi connectivity index (χ2v) is 6.95. The third-order valence-electron chi connectivity index (χ3n) is 5.38. The molecule has 0 bridgehead atoms. The fourth-order valence-electron chi connectivity index (χ4n) is 3.82. The highest BCUT2D eigenvalue weighted by molar-refractivity contribution is 4.89. The largest absolute Gasteiger partial charge is 0.330 e. The Morgan fingerprint density at radius 3 is 2.11 bits per heavy atom. The molecule has 2 unspecified atom stereocenters. The average Bonchev–Trinajstić information content (AvgIpc) is 2.86. The van der Waals surface area contributed by atoms with Crippen LogP contribution < -0.4 is 5.73 Å². The van der Waals surface area contributed by atoms with Crippen LogP contribution in [0.15, 0.2) is 0 Å². The summed E-state index contributed by atoms with van der Waals surface area (Å²) in [5, 5.41) is 0. The first-order chi connectivity index (χ1) is 9.26. The van der Waals surface area contributed by atoms with E-state index in [1.807, 2.05) is 0 Å². The Morgan fingerprint density at radius 1 is 0.947 bits per heavy atom. The first-order valence-electron chi connectivity index (χ1n) is 8.96. The van der Waals surface area contributed by atoms with Crippen molar-refractivity contribution in [2.45, 2.75) is 97.3 Å². The lowest BCUT2D eigenvalue weighted by Crippen LogP contribution is -2.27. The van der Waals surface area contributed by atoms with E-state index in [0.717, 1.165) is 12.5 Å². The van der Waals surface area contributed by atoms with E-state index in [1.165, 1.54) is 83.5 Å². The molecule has 2 N–H and O–H groups in total. The molecule has 1 aliphatic carbocycles. The molecule has 1 saturated carbocycles. The topological polar surface area (TPSA) is 26.0 Å². The Balaban J connectivity index is 2.04. The predicted octanol–water partition coefficient (Wildman–Crippen LogP) is 5.67. The van der Waals surface area contributed by atoms with Gasteiger partial charge in [-0.15, -0.1) is 0 Å². The van der Waals surface area contributed by atoms with E-state index < -0.39 is 0 Å². The Kier molecular flexibility index (Phi) is 8.77. The molecule has 0 spiro atoms. The monoisotopic (exact) mass is 267 g/mol. The molecule has 0 aromatic heterocycles. The van der Waals surface area contributed by atoms with Gasteiger partial charge in [-0.25, -0.2) is 0 Å². The number of nitrogens with two attached hydrogens (primary N) is 1. The van der Waals surface area contributed by atoms with Gasteiger partial charge < -0.3 is 5.73 Å². The van der Waals surface area contributed by atoms with Gasteiger partial charge in [-0.1, -0.05) is 71.6 Å². The summed E-state index contributed by atoms with van der Waals surface area (Å²) in [5.74, 6) is 0.970. The lowest BCUT2D eigenvalue weighted by atomic mass is 9.80. The van der Waals surface area contributed by atoms with E-state index in [1.54, 1.807) is 0 Å². The Labute approximate surface area is 121 Å². The Bertz CT molecular complexity index is 214. The van der Waals surface area contributed by atoms with Gasteiger partial charge in [-0.05, 0) is 43.6 Å². The molecule has 19 heavy (non-hydrogen) atoms. The summed E-state index contributed by atoms with van der Waals surface area (Å²) in [5.41, 5.74) is 6.61. The molecule has 1 heteroatoms. The van der Waals surface area contributed by atoms with Gasteiger partial charge >= 0.3 is 0 Å². The zero-order valence-corrected chi connectivity index (χ0v) is 13.6. The quantitative estimate of drug-likeness (QED) is 0.479. The molecule has 0 amide bonds. The van der Waals surface area contributed by atoms with Gasteiger partial charge in [0.2, 0.25) is 0 Å². The van der Waals surface area contributed by atoms with Crippen molar-refractivity contribution >= 4 is 0 Å². The Morgan fingerprint density at radius 2 is 1.58 bits per heavy atom. The highest BCUT2D eigenvalue weighted by Crippen LogP contribution is 2.45. The molecule has 0 radical (unpaired) electrons. The van der Waals surface area contributed by atoms with Gasteiger partial charge in [-0.2, -0.15) is 0 Å². The van der Waals surface area contributed by atoms with E-state index in [2.05, 4.69) is 13.8 Å². The number of hydrogen-bond acceptors (Lipinski definition) is 1. The molecule has 0 aromatic carbocycles. The lowest BCUT2D eigenvalue weighted by molar-refractivity contribution is 0.258. The maximum Gasteiger partial charge on any atom is -0.00204 e. The van der Waals surface area contributed by atoms with Gasteiger partial charge in [0, 0.05) is 0 Å². The highest BCUT2D eigenvalue weighted by atomic mass is 14.6. The van der Waals surface area contributed by atoms with Crippen LogP contribution in [0.2, 0.25) is 0 Å². The van der Waals surface area contributed by atoms with Gasteiger partial charge in [-0.3, -0.25) is 0 Å². The van der Waals surface area contributed by atoms with Crippen molar-refractivity contribution in [1.29, 1.82) is 0 Å². The highest BCUT2D eigenvalue weighted by Gasteiger charge is 2.36. The molecule has 1 nitrogen and oxygen atoms in total. The maximum absolute atomic E-state index is 6.08. The van der Waals surface area contributed by atoms with Crippen molar-refractivity contribution in [2.75, 3.05) is 6.54 Å². The van der Waals surface area contributed by atoms with Crippen LogP contribution >= 0.6 is 0 Å². The third-order valence-corrected chi connectivity index (χ3v) is 5.38. The molecule has 2 atom stereocenters. The summed E-state index contributed by atoms with van der Waals surface area (Å²) in [7, 11) is 0. The molecule has 1 aliphatic rings. The Hall–Kier alpha value is -0.0400. The molecule has 0 saturated heterocycles. The van der Waals surface area contributed by atoms with E-state index in [4.69, 9.17) is 5.73 Å². The van der Waals surface area contributed by atoms with Crippen LogP contribution in [0.1, 0.15) is 97.3 Å². The van der Waals surface area contributed by atoms with Gasteiger partial charge in [0.15, 0.2) is 0 Å². The molecule has 114 valence electrons. The van der Waals surface area contributed by atoms with E-state index >= 15 is 0 Å². The smallest absolute Gasteiger partial charge is 0.00204 e. The molecule has 1 fully saturated rings.